The van der Waals surface area contributed by atoms with Gasteiger partial charge in [0.25, 0.3) is 0 Å². The van der Waals surface area contributed by atoms with Crippen LogP contribution in [0.25, 0.3) is 45.0 Å². The first-order valence-corrected chi connectivity index (χ1v) is 42.0. The van der Waals surface area contributed by atoms with Gasteiger partial charge in [-0.3, -0.25) is 19.2 Å². The molecule has 16 nitrogen and oxygen atoms in total. The van der Waals surface area contributed by atoms with Gasteiger partial charge in [0.1, 0.15) is 23.3 Å². The third-order valence-electron chi connectivity index (χ3n) is 22.9. The second-order valence-corrected chi connectivity index (χ2v) is 32.3. The fourth-order valence-electron chi connectivity index (χ4n) is 16.1. The van der Waals surface area contributed by atoms with Crippen LogP contribution in [-0.4, -0.2) is 63.5 Å². The number of halogens is 4. The molecule has 4 heterocycles. The molecular weight excluding hydrogens is 1410 g/mol. The lowest BCUT2D eigenvalue weighted by Gasteiger charge is -2.22. The number of carbonyl (C=O) groups is 4. The van der Waals surface area contributed by atoms with Crippen molar-refractivity contribution >= 4 is 46.9 Å². The largest absolute Gasteiger partial charge is 0.309 e. The van der Waals surface area contributed by atoms with E-state index in [9.17, 15) is 36.7 Å². The van der Waals surface area contributed by atoms with Crippen LogP contribution in [0.3, 0.4) is 0 Å². The molecule has 598 valence electrons. The van der Waals surface area contributed by atoms with E-state index >= 15 is 0 Å². The lowest BCUT2D eigenvalue weighted by atomic mass is 9.85. The van der Waals surface area contributed by atoms with E-state index in [-0.39, 0.29) is 58.7 Å². The van der Waals surface area contributed by atoms with Crippen LogP contribution in [0.2, 0.25) is 0 Å². The molecule has 0 radical (unpaired) electrons. The maximum Gasteiger partial charge on any atom is 0.228 e. The van der Waals surface area contributed by atoms with Crippen LogP contribution in [0, 0.1) is 64.7 Å². The fourth-order valence-corrected chi connectivity index (χ4v) is 16.1. The molecule has 0 bridgehead atoms. The normalized spacial score (nSPS) is 16.1. The highest BCUT2D eigenvalue weighted by Crippen LogP contribution is 2.35. The molecule has 5 fully saturated rings. The van der Waals surface area contributed by atoms with Crippen molar-refractivity contribution in [3.63, 3.8) is 0 Å². The molecule has 4 aromatic heterocycles. The van der Waals surface area contributed by atoms with Gasteiger partial charge in [0, 0.05) is 47.9 Å². The molecule has 4 amide bonds. The van der Waals surface area contributed by atoms with E-state index in [1.807, 2.05) is 27.7 Å². The van der Waals surface area contributed by atoms with Gasteiger partial charge in [-0.25, -0.2) is 57.4 Å². The number of aryl methyl sites for hydroxylation is 4. The van der Waals surface area contributed by atoms with E-state index in [1.54, 1.807) is 73.3 Å². The topological polar surface area (TPSA) is 220 Å². The molecular formula is C92H118F4N12O4. The fraction of sp³-hybridized carbons (Fsp3) is 0.522. The molecule has 1 unspecified atom stereocenters. The summed E-state index contributed by atoms with van der Waals surface area (Å²) in [4.78, 5) is 85.9. The van der Waals surface area contributed by atoms with Crippen molar-refractivity contribution in [2.24, 2.45) is 41.4 Å². The molecule has 5 aliphatic carbocycles. The minimum atomic E-state index is -0.274. The number of rotatable bonds is 26. The molecule has 112 heavy (non-hydrogen) atoms. The molecule has 4 N–H and O–H groups in total. The quantitative estimate of drug-likeness (QED) is 0.0372. The summed E-state index contributed by atoms with van der Waals surface area (Å²) < 4.78 is 52.9. The third kappa shape index (κ3) is 28.2. The summed E-state index contributed by atoms with van der Waals surface area (Å²) in [7, 11) is 0. The summed E-state index contributed by atoms with van der Waals surface area (Å²) in [6.45, 7) is 9.43. The van der Waals surface area contributed by atoms with Crippen molar-refractivity contribution in [1.82, 2.24) is 39.9 Å². The number of amides is 4. The number of carbonyl (C=O) groups excluding carboxylic acids is 4. The molecule has 4 aromatic carbocycles. The Morgan fingerprint density at radius 2 is 0.616 bits per heavy atom. The minimum Gasteiger partial charge on any atom is -0.309 e. The van der Waals surface area contributed by atoms with Crippen LogP contribution in [-0.2, 0) is 44.9 Å². The number of hydrogen-bond acceptors (Lipinski definition) is 12. The van der Waals surface area contributed by atoms with Gasteiger partial charge in [-0.1, -0.05) is 175 Å². The average Bonchev–Trinajstić information content (AvgIpc) is 0.840. The second kappa shape index (κ2) is 44.9. The highest BCUT2D eigenvalue weighted by Gasteiger charge is 2.25. The van der Waals surface area contributed by atoms with E-state index in [1.165, 1.54) is 203 Å². The van der Waals surface area contributed by atoms with Crippen LogP contribution in [0.4, 0.5) is 40.8 Å². The third-order valence-corrected chi connectivity index (χ3v) is 22.9. The van der Waals surface area contributed by atoms with Crippen molar-refractivity contribution in [1.29, 1.82) is 0 Å². The highest BCUT2D eigenvalue weighted by atomic mass is 19.1. The van der Waals surface area contributed by atoms with Gasteiger partial charge < -0.3 is 21.3 Å². The van der Waals surface area contributed by atoms with Gasteiger partial charge in [-0.2, -0.15) is 0 Å². The Kier molecular flexibility index (Phi) is 34.2. The zero-order valence-electron chi connectivity index (χ0n) is 66.8. The molecule has 0 saturated heterocycles. The predicted octanol–water partition coefficient (Wildman–Crippen LogP) is 23.0. The monoisotopic (exact) mass is 1530 g/mol. The summed E-state index contributed by atoms with van der Waals surface area (Å²) in [5, 5.41) is 11.7. The predicted molar refractivity (Wildman–Crippen MR) is 440 cm³/mol. The summed E-state index contributed by atoms with van der Waals surface area (Å²) in [5.74, 6) is 4.66. The van der Waals surface area contributed by atoms with Crippen molar-refractivity contribution < 1.29 is 36.7 Å². The van der Waals surface area contributed by atoms with Gasteiger partial charge in [-0.15, -0.1) is 0 Å². The van der Waals surface area contributed by atoms with Gasteiger partial charge in [0.15, 0.2) is 23.3 Å². The van der Waals surface area contributed by atoms with Crippen LogP contribution in [0.5, 0.6) is 0 Å². The lowest BCUT2D eigenvalue weighted by molar-refractivity contribution is -0.119. The smallest absolute Gasteiger partial charge is 0.228 e. The van der Waals surface area contributed by atoms with Gasteiger partial charge in [0.05, 0.1) is 70.3 Å². The number of hydrogen-bond donors (Lipinski definition) is 4. The standard InChI is InChI=1S/C26H34FN3O.2C23H30FN3O.C20H24FN3O/c27-22-14-12-21(13-15-22)24-18-28-26(30-25(31)17-20-9-5-2-6-10-20)23(29-24)16-11-19-7-3-1-4-8-19;1-16(2)14-22(28)27-23-20(13-8-17-6-4-3-5-7-17)26-21(15-25-23)18-9-11-19(24)12-10-18;1-3-16(2)23(28)27-22-20(14-9-17-7-5-4-6-8-17)26-21(15-25-22)18-10-12-19(24)13-11-18;1-14(25)23-20-18(12-7-15-5-3-2-4-6-15)24-19(13-22-20)16-8-10-17(21)11-9-16/h12-15,18-20H,1-11,16-17H2,(H,28,30,31);9-12,15-17H,3-8,13-14H2,1-2H3,(H,25,27,28);10-13,15-17H,3-9,14H2,1-2H3,(H,25,27,28);8-11,13,15H,2-7,12H2,1H3,(H,22,23,25). The van der Waals surface area contributed by atoms with Crippen LogP contribution in [0.1, 0.15) is 263 Å². The Morgan fingerprint density at radius 3 is 0.884 bits per heavy atom. The van der Waals surface area contributed by atoms with Gasteiger partial charge in [-0.05, 0) is 203 Å². The number of benzene rings is 4. The highest BCUT2D eigenvalue weighted by molar-refractivity contribution is 5.93. The molecule has 20 heteroatoms. The molecule has 0 aliphatic heterocycles. The number of aromatic nitrogens is 8. The summed E-state index contributed by atoms with van der Waals surface area (Å²) in [5.41, 5.74) is 9.47. The van der Waals surface area contributed by atoms with Crippen LogP contribution in [0.15, 0.2) is 122 Å². The molecule has 5 saturated carbocycles. The lowest BCUT2D eigenvalue weighted by Crippen LogP contribution is -2.22. The Hall–Kier alpha value is -9.20. The molecule has 5 aliphatic rings. The zero-order valence-corrected chi connectivity index (χ0v) is 66.8. The summed E-state index contributed by atoms with van der Waals surface area (Å²) in [6.07, 6.45) is 48.1. The summed E-state index contributed by atoms with van der Waals surface area (Å²) >= 11 is 0. The van der Waals surface area contributed by atoms with Crippen molar-refractivity contribution in [3.05, 3.63) is 168 Å². The Bertz CT molecular complexity index is 4230. The molecule has 13 rings (SSSR count). The van der Waals surface area contributed by atoms with Gasteiger partial charge >= 0.3 is 0 Å². The van der Waals surface area contributed by atoms with E-state index in [0.717, 1.165) is 145 Å². The van der Waals surface area contributed by atoms with Crippen LogP contribution >= 0.6 is 0 Å². The first kappa shape index (κ1) is 85.2. The van der Waals surface area contributed by atoms with E-state index in [2.05, 4.69) is 41.2 Å². The number of anilines is 4. The van der Waals surface area contributed by atoms with Crippen molar-refractivity contribution in [2.75, 3.05) is 21.3 Å². The van der Waals surface area contributed by atoms with E-state index in [4.69, 9.17) is 19.9 Å². The number of nitrogens with one attached hydrogen (secondary N) is 4. The van der Waals surface area contributed by atoms with Gasteiger partial charge in [0.2, 0.25) is 23.6 Å². The minimum absolute atomic E-state index is 0.0229. The van der Waals surface area contributed by atoms with Crippen molar-refractivity contribution in [3.8, 4) is 45.0 Å². The summed E-state index contributed by atoms with van der Waals surface area (Å²) in [6, 6.07) is 25.1. The maximum atomic E-state index is 13.3. The average molecular weight is 1530 g/mol. The van der Waals surface area contributed by atoms with Crippen LogP contribution < -0.4 is 21.3 Å². The van der Waals surface area contributed by atoms with E-state index in [0.29, 0.717) is 59.1 Å². The van der Waals surface area contributed by atoms with Crippen molar-refractivity contribution in [2.45, 2.75) is 266 Å². The number of nitrogens with zero attached hydrogens (tertiary/aromatic N) is 8. The Balaban J connectivity index is 0.000000159. The molecule has 8 aromatic rings. The second-order valence-electron chi connectivity index (χ2n) is 32.3. The maximum absolute atomic E-state index is 13.3. The Labute approximate surface area is 661 Å². The zero-order chi connectivity index (χ0) is 79.0. The van der Waals surface area contributed by atoms with E-state index < -0.39 is 0 Å². The SMILES string of the molecule is CC(=O)Nc1ncc(-c2ccc(F)cc2)nc1CCC1CCCCC1.CC(C)CC(=O)Nc1ncc(-c2ccc(F)cc2)nc1CCC1CCCCC1.CCC(C)C(=O)Nc1ncc(-c2ccc(F)cc2)nc1CCC1CCCCC1.O=C(CC1CCCCC1)Nc1ncc(-c2ccc(F)cc2)nc1CCC1CCCCC1. The first-order chi connectivity index (χ1) is 54.4. The molecule has 0 spiro atoms. The molecule has 1 atom stereocenters. The first-order valence-electron chi connectivity index (χ1n) is 42.0. The Morgan fingerprint density at radius 1 is 0.357 bits per heavy atom.